The SMILES string of the molecule is O=C(O)C1CCN(S(=O)(=O)c2cc(Cl)ccc2OCC2CCC2)C1. The molecule has 0 bridgehead atoms. The molecule has 2 aliphatic rings. The van der Waals surface area contributed by atoms with Gasteiger partial charge in [-0.3, -0.25) is 4.79 Å². The van der Waals surface area contributed by atoms with Gasteiger partial charge in [0.1, 0.15) is 10.6 Å². The predicted octanol–water partition coefficient (Wildman–Crippen LogP) is 2.61. The lowest BCUT2D eigenvalue weighted by Crippen LogP contribution is -2.30. The molecule has 2 fully saturated rings. The molecule has 1 atom stereocenters. The Balaban J connectivity index is 1.83. The standard InChI is InChI=1S/C16H20ClNO5S/c17-13-4-5-14(23-10-11-2-1-3-11)15(8-13)24(21,22)18-7-6-12(9-18)16(19)20/h4-5,8,11-12H,1-3,6-7,9-10H2,(H,19,20). The van der Waals surface area contributed by atoms with Crippen LogP contribution in [0, 0.1) is 11.8 Å². The average Bonchev–Trinajstić information content (AvgIpc) is 2.97. The Hall–Kier alpha value is -1.31. The van der Waals surface area contributed by atoms with Gasteiger partial charge in [0.15, 0.2) is 0 Å². The zero-order valence-electron chi connectivity index (χ0n) is 13.2. The molecule has 3 rings (SSSR count). The number of hydrogen-bond donors (Lipinski definition) is 1. The number of carboxylic acid groups (broad SMARTS) is 1. The van der Waals surface area contributed by atoms with E-state index in [1.807, 2.05) is 0 Å². The fourth-order valence-corrected chi connectivity index (χ4v) is 4.85. The Morgan fingerprint density at radius 3 is 2.67 bits per heavy atom. The quantitative estimate of drug-likeness (QED) is 0.828. The molecule has 0 aromatic heterocycles. The van der Waals surface area contributed by atoms with E-state index in [2.05, 4.69) is 0 Å². The van der Waals surface area contributed by atoms with Crippen LogP contribution in [0.4, 0.5) is 0 Å². The number of nitrogens with zero attached hydrogens (tertiary/aromatic N) is 1. The molecule has 6 nitrogen and oxygen atoms in total. The molecule has 1 aliphatic carbocycles. The molecule has 8 heteroatoms. The Bertz CT molecular complexity index is 732. The summed E-state index contributed by atoms with van der Waals surface area (Å²) in [6, 6.07) is 4.54. The lowest BCUT2D eigenvalue weighted by Gasteiger charge is -2.26. The number of halogens is 1. The molecular weight excluding hydrogens is 354 g/mol. The maximum Gasteiger partial charge on any atom is 0.307 e. The van der Waals surface area contributed by atoms with E-state index >= 15 is 0 Å². The summed E-state index contributed by atoms with van der Waals surface area (Å²) < 4.78 is 32.7. The van der Waals surface area contributed by atoms with Crippen LogP contribution in [0.25, 0.3) is 0 Å². The van der Waals surface area contributed by atoms with Crippen LogP contribution in [-0.4, -0.2) is 43.5 Å². The molecule has 1 aromatic rings. The lowest BCUT2D eigenvalue weighted by atomic mass is 9.86. The molecule has 132 valence electrons. The monoisotopic (exact) mass is 373 g/mol. The molecule has 1 heterocycles. The second-order valence-electron chi connectivity index (χ2n) is 6.39. The Labute approximate surface area is 146 Å². The molecule has 1 saturated carbocycles. The van der Waals surface area contributed by atoms with Crippen molar-refractivity contribution >= 4 is 27.6 Å². The van der Waals surface area contributed by atoms with Crippen molar-refractivity contribution < 1.29 is 23.1 Å². The van der Waals surface area contributed by atoms with Crippen molar-refractivity contribution in [3.05, 3.63) is 23.2 Å². The van der Waals surface area contributed by atoms with Crippen LogP contribution >= 0.6 is 11.6 Å². The lowest BCUT2D eigenvalue weighted by molar-refractivity contribution is -0.141. The number of sulfonamides is 1. The van der Waals surface area contributed by atoms with Crippen LogP contribution < -0.4 is 4.74 Å². The van der Waals surface area contributed by atoms with Crippen molar-refractivity contribution in [3.63, 3.8) is 0 Å². The minimum atomic E-state index is -3.83. The first kappa shape index (κ1) is 17.5. The van der Waals surface area contributed by atoms with Gasteiger partial charge in [0.05, 0.1) is 12.5 Å². The smallest absolute Gasteiger partial charge is 0.307 e. The van der Waals surface area contributed by atoms with Crippen molar-refractivity contribution in [2.45, 2.75) is 30.6 Å². The van der Waals surface area contributed by atoms with Crippen molar-refractivity contribution in [2.75, 3.05) is 19.7 Å². The first-order valence-electron chi connectivity index (χ1n) is 8.03. The van der Waals surface area contributed by atoms with Crippen molar-refractivity contribution in [2.24, 2.45) is 11.8 Å². The van der Waals surface area contributed by atoms with Crippen molar-refractivity contribution in [1.82, 2.24) is 4.31 Å². The van der Waals surface area contributed by atoms with Gasteiger partial charge in [-0.25, -0.2) is 8.42 Å². The Morgan fingerprint density at radius 1 is 1.33 bits per heavy atom. The normalized spacial score (nSPS) is 22.3. The average molecular weight is 374 g/mol. The zero-order chi connectivity index (χ0) is 17.3. The van der Waals surface area contributed by atoms with Gasteiger partial charge >= 0.3 is 5.97 Å². The van der Waals surface area contributed by atoms with E-state index in [9.17, 15) is 13.2 Å². The molecule has 24 heavy (non-hydrogen) atoms. The summed E-state index contributed by atoms with van der Waals surface area (Å²) in [6.45, 7) is 0.655. The van der Waals surface area contributed by atoms with Crippen molar-refractivity contribution in [3.8, 4) is 5.75 Å². The first-order chi connectivity index (χ1) is 11.4. The molecular formula is C16H20ClNO5S. The third-order valence-corrected chi connectivity index (χ3v) is 6.84. The van der Waals surface area contributed by atoms with Crippen LogP contribution in [0.5, 0.6) is 5.75 Å². The first-order valence-corrected chi connectivity index (χ1v) is 9.85. The highest BCUT2D eigenvalue weighted by molar-refractivity contribution is 7.89. The van der Waals surface area contributed by atoms with E-state index in [1.54, 1.807) is 12.1 Å². The van der Waals surface area contributed by atoms with Crippen LogP contribution in [0.2, 0.25) is 5.02 Å². The Morgan fingerprint density at radius 2 is 2.08 bits per heavy atom. The molecule has 1 N–H and O–H groups in total. The van der Waals surface area contributed by atoms with E-state index in [1.165, 1.54) is 16.8 Å². The van der Waals surface area contributed by atoms with Gasteiger partial charge in [0, 0.05) is 18.1 Å². The fourth-order valence-electron chi connectivity index (χ4n) is 2.96. The van der Waals surface area contributed by atoms with Gasteiger partial charge in [-0.15, -0.1) is 0 Å². The second kappa shape index (κ2) is 6.90. The molecule has 0 spiro atoms. The van der Waals surface area contributed by atoms with Crippen molar-refractivity contribution in [1.29, 1.82) is 0 Å². The largest absolute Gasteiger partial charge is 0.492 e. The van der Waals surface area contributed by atoms with E-state index in [0.29, 0.717) is 24.0 Å². The fraction of sp³-hybridized carbons (Fsp3) is 0.562. The molecule has 1 unspecified atom stereocenters. The summed E-state index contributed by atoms with van der Waals surface area (Å²) in [4.78, 5) is 11.1. The van der Waals surface area contributed by atoms with E-state index < -0.39 is 21.9 Å². The number of aliphatic carboxylic acids is 1. The second-order valence-corrected chi connectivity index (χ2v) is 8.73. The van der Waals surface area contributed by atoms with Gasteiger partial charge in [0.2, 0.25) is 10.0 Å². The number of ether oxygens (including phenoxy) is 1. The summed E-state index contributed by atoms with van der Waals surface area (Å²) in [7, 11) is -3.83. The van der Waals surface area contributed by atoms with Crippen LogP contribution in [-0.2, 0) is 14.8 Å². The van der Waals surface area contributed by atoms with Gasteiger partial charge in [-0.2, -0.15) is 4.31 Å². The minimum absolute atomic E-state index is 0.0142. The number of benzene rings is 1. The molecule has 0 radical (unpaired) electrons. The van der Waals surface area contributed by atoms with Crippen LogP contribution in [0.1, 0.15) is 25.7 Å². The van der Waals surface area contributed by atoms with E-state index in [-0.39, 0.29) is 23.7 Å². The summed E-state index contributed by atoms with van der Waals surface area (Å²) >= 11 is 5.98. The molecule has 1 aromatic carbocycles. The van der Waals surface area contributed by atoms with Gasteiger partial charge in [-0.05, 0) is 43.4 Å². The van der Waals surface area contributed by atoms with Gasteiger partial charge in [0.25, 0.3) is 0 Å². The summed E-state index contributed by atoms with van der Waals surface area (Å²) in [5.41, 5.74) is 0. The summed E-state index contributed by atoms with van der Waals surface area (Å²) in [5.74, 6) is -0.886. The molecule has 0 amide bonds. The van der Waals surface area contributed by atoms with Gasteiger partial charge < -0.3 is 9.84 Å². The van der Waals surface area contributed by atoms with Gasteiger partial charge in [-0.1, -0.05) is 18.0 Å². The number of carbonyl (C=O) groups is 1. The third-order valence-electron chi connectivity index (χ3n) is 4.72. The van der Waals surface area contributed by atoms with E-state index in [0.717, 1.165) is 12.8 Å². The number of rotatable bonds is 6. The number of hydrogen-bond acceptors (Lipinski definition) is 4. The summed E-state index contributed by atoms with van der Waals surface area (Å²) in [6.07, 6.45) is 3.70. The molecule has 1 aliphatic heterocycles. The maximum atomic E-state index is 12.9. The Kier molecular flexibility index (Phi) is 5.03. The van der Waals surface area contributed by atoms with E-state index in [4.69, 9.17) is 21.4 Å². The number of carboxylic acids is 1. The summed E-state index contributed by atoms with van der Waals surface area (Å²) in [5, 5.41) is 9.38. The third kappa shape index (κ3) is 3.53. The highest BCUT2D eigenvalue weighted by atomic mass is 35.5. The van der Waals surface area contributed by atoms with Crippen LogP contribution in [0.3, 0.4) is 0 Å². The highest BCUT2D eigenvalue weighted by Gasteiger charge is 2.37. The highest BCUT2D eigenvalue weighted by Crippen LogP contribution is 2.34. The maximum absolute atomic E-state index is 12.9. The minimum Gasteiger partial charge on any atom is -0.492 e. The molecule has 1 saturated heterocycles. The predicted molar refractivity (Wildman–Crippen MR) is 88.8 cm³/mol. The topological polar surface area (TPSA) is 83.9 Å². The van der Waals surface area contributed by atoms with Crippen LogP contribution in [0.15, 0.2) is 23.1 Å². The zero-order valence-corrected chi connectivity index (χ0v) is 14.7.